The molecule has 4 aromatic heterocycles. The van der Waals surface area contributed by atoms with E-state index in [1.165, 1.54) is 80.6 Å². The summed E-state index contributed by atoms with van der Waals surface area (Å²) in [6, 6.07) is 74.3. The molecule has 4 nitrogen and oxygen atoms in total. The molecule has 4 heterocycles. The number of hydrogen-bond acceptors (Lipinski definition) is 3. The van der Waals surface area contributed by atoms with Gasteiger partial charge in [0.15, 0.2) is 5.82 Å². The van der Waals surface area contributed by atoms with Crippen molar-refractivity contribution >= 4 is 86.0 Å². The zero-order valence-electron chi connectivity index (χ0n) is 32.8. The Morgan fingerprint density at radius 3 is 1.56 bits per heavy atom. The number of benzene rings is 9. The third-order valence-corrected chi connectivity index (χ3v) is 13.6. The zero-order valence-corrected chi connectivity index (χ0v) is 33.6. The predicted octanol–water partition coefficient (Wildman–Crippen LogP) is 15.2. The Balaban J connectivity index is 0.915. The highest BCUT2D eigenvalue weighted by molar-refractivity contribution is 7.26. The number of hydrogen-bond donors (Lipinski definition) is 0. The topological polar surface area (TPSA) is 35.6 Å². The van der Waals surface area contributed by atoms with E-state index in [9.17, 15) is 0 Å². The molecular weight excluding hydrogens is 761 g/mol. The van der Waals surface area contributed by atoms with E-state index in [1.807, 2.05) is 11.3 Å². The minimum absolute atomic E-state index is 0.717. The fourth-order valence-corrected chi connectivity index (χ4v) is 10.8. The van der Waals surface area contributed by atoms with Crippen LogP contribution in [0.3, 0.4) is 0 Å². The Kier molecular flexibility index (Phi) is 7.44. The van der Waals surface area contributed by atoms with Gasteiger partial charge in [-0.15, -0.1) is 11.3 Å². The van der Waals surface area contributed by atoms with Crippen molar-refractivity contribution in [1.29, 1.82) is 0 Å². The highest BCUT2D eigenvalue weighted by atomic mass is 32.1. The fraction of sp³-hybridized carbons (Fsp3) is 0. The van der Waals surface area contributed by atoms with Crippen LogP contribution in [0.15, 0.2) is 206 Å². The molecule has 0 unspecified atom stereocenters. The highest BCUT2D eigenvalue weighted by Gasteiger charge is 2.19. The lowest BCUT2D eigenvalue weighted by atomic mass is 10.0. The van der Waals surface area contributed by atoms with Crippen LogP contribution < -0.4 is 0 Å². The Morgan fingerprint density at radius 2 is 0.869 bits per heavy atom. The first-order valence-corrected chi connectivity index (χ1v) is 21.5. The lowest BCUT2D eigenvalue weighted by Crippen LogP contribution is -1.97. The minimum Gasteiger partial charge on any atom is -0.309 e. The van der Waals surface area contributed by atoms with Gasteiger partial charge in [-0.2, -0.15) is 0 Å². The normalized spacial score (nSPS) is 11.9. The summed E-state index contributed by atoms with van der Waals surface area (Å²) in [6.45, 7) is 0. The molecule has 0 aliphatic carbocycles. The van der Waals surface area contributed by atoms with E-state index in [0.717, 1.165) is 33.4 Å². The van der Waals surface area contributed by atoms with Crippen molar-refractivity contribution in [3.63, 3.8) is 0 Å². The van der Waals surface area contributed by atoms with Crippen molar-refractivity contribution < 1.29 is 0 Å². The van der Waals surface area contributed by atoms with E-state index >= 15 is 0 Å². The number of nitrogens with zero attached hydrogens (tertiary/aromatic N) is 4. The van der Waals surface area contributed by atoms with Gasteiger partial charge in [0.25, 0.3) is 0 Å². The molecule has 0 bridgehead atoms. The van der Waals surface area contributed by atoms with Crippen molar-refractivity contribution in [3.8, 4) is 45.1 Å². The Bertz CT molecular complexity index is 3870. The molecule has 0 saturated carbocycles. The van der Waals surface area contributed by atoms with E-state index in [4.69, 9.17) is 9.97 Å². The lowest BCUT2D eigenvalue weighted by molar-refractivity contribution is 1.17. The molecule has 0 saturated heterocycles. The van der Waals surface area contributed by atoms with E-state index in [2.05, 4.69) is 215 Å². The molecule has 61 heavy (non-hydrogen) atoms. The van der Waals surface area contributed by atoms with Crippen molar-refractivity contribution in [3.05, 3.63) is 206 Å². The second-order valence-corrected chi connectivity index (χ2v) is 16.8. The number of rotatable bonds is 5. The maximum Gasteiger partial charge on any atom is 0.160 e. The number of aromatic nitrogens is 4. The third-order valence-electron chi connectivity index (χ3n) is 12.3. The van der Waals surface area contributed by atoms with Crippen LogP contribution >= 0.6 is 11.3 Å². The largest absolute Gasteiger partial charge is 0.309 e. The maximum absolute atomic E-state index is 5.33. The Morgan fingerprint density at radius 1 is 0.344 bits per heavy atom. The summed E-state index contributed by atoms with van der Waals surface area (Å²) in [5.41, 5.74) is 13.4. The summed E-state index contributed by atoms with van der Waals surface area (Å²) >= 11 is 1.83. The molecule has 13 rings (SSSR count). The quantitative estimate of drug-likeness (QED) is 0.174. The van der Waals surface area contributed by atoms with Gasteiger partial charge in [0.2, 0.25) is 0 Å². The van der Waals surface area contributed by atoms with Crippen LogP contribution in [0.2, 0.25) is 0 Å². The van der Waals surface area contributed by atoms with Gasteiger partial charge < -0.3 is 9.13 Å². The average Bonchev–Trinajstić information content (AvgIpc) is 3.99. The molecular formula is C56H34N4S. The molecule has 0 amide bonds. The molecule has 0 fully saturated rings. The second kappa shape index (κ2) is 13.3. The van der Waals surface area contributed by atoms with Gasteiger partial charge in [-0.25, -0.2) is 9.97 Å². The summed E-state index contributed by atoms with van der Waals surface area (Å²) in [5, 5.41) is 8.55. The first kappa shape index (κ1) is 34.0. The van der Waals surface area contributed by atoms with E-state index in [0.29, 0.717) is 5.82 Å². The SMILES string of the molecule is c1ccc(-n2c3ccccc3c3cc(-c4ccc5c(c4)c4ccccc4n5-c4ccc(-c5nc(-c6cccc7c6sc6ccccc67)c6ccccc6n5)cc4)ccc32)cc1. The molecule has 0 N–H and O–H groups in total. The van der Waals surface area contributed by atoms with Crippen LogP contribution in [-0.2, 0) is 0 Å². The molecule has 0 aliphatic heterocycles. The number of fused-ring (bicyclic) bond motifs is 10. The molecule has 0 radical (unpaired) electrons. The van der Waals surface area contributed by atoms with Crippen LogP contribution in [0.4, 0.5) is 0 Å². The van der Waals surface area contributed by atoms with E-state index in [1.54, 1.807) is 0 Å². The van der Waals surface area contributed by atoms with Crippen LogP contribution in [0.25, 0.3) is 120 Å². The molecule has 9 aromatic carbocycles. The molecule has 0 aliphatic rings. The Hall–Kier alpha value is -7.86. The van der Waals surface area contributed by atoms with Gasteiger partial charge >= 0.3 is 0 Å². The summed E-state index contributed by atoms with van der Waals surface area (Å²) < 4.78 is 7.28. The number of para-hydroxylation sites is 4. The van der Waals surface area contributed by atoms with Gasteiger partial charge in [-0.1, -0.05) is 121 Å². The standard InChI is InChI=1S/C56H34N4S/c1-2-13-38(14-3-1)59-49-22-9-5-15-40(49)46-33-36(27-31-51(46)59)37-28-32-52-47(34-37)41-16-6-10-23-50(41)60(52)39-29-25-35(26-30-39)56-57-48-21-8-4-18-44(48)54(58-56)45-20-12-19-43-42-17-7-11-24-53(42)61-55(43)45/h1-34H. The van der Waals surface area contributed by atoms with Crippen LogP contribution in [0.5, 0.6) is 0 Å². The van der Waals surface area contributed by atoms with Gasteiger partial charge in [0.05, 0.1) is 33.3 Å². The minimum atomic E-state index is 0.717. The predicted molar refractivity (Wildman–Crippen MR) is 257 cm³/mol. The van der Waals surface area contributed by atoms with Gasteiger partial charge in [0, 0.05) is 69.6 Å². The highest BCUT2D eigenvalue weighted by Crippen LogP contribution is 2.42. The number of thiophene rings is 1. The first-order chi connectivity index (χ1) is 30.2. The van der Waals surface area contributed by atoms with E-state index in [-0.39, 0.29) is 0 Å². The molecule has 284 valence electrons. The lowest BCUT2D eigenvalue weighted by Gasteiger charge is -2.12. The maximum atomic E-state index is 5.33. The van der Waals surface area contributed by atoms with Crippen molar-refractivity contribution in [2.75, 3.05) is 0 Å². The van der Waals surface area contributed by atoms with Gasteiger partial charge in [0.1, 0.15) is 0 Å². The molecule has 0 atom stereocenters. The molecule has 13 aromatic rings. The fourth-order valence-electron chi connectivity index (χ4n) is 9.54. The van der Waals surface area contributed by atoms with Crippen LogP contribution in [0.1, 0.15) is 0 Å². The summed E-state index contributed by atoms with van der Waals surface area (Å²) in [6.07, 6.45) is 0. The Labute approximate surface area is 354 Å². The second-order valence-electron chi connectivity index (χ2n) is 15.7. The van der Waals surface area contributed by atoms with Crippen molar-refractivity contribution in [2.24, 2.45) is 0 Å². The molecule has 5 heteroatoms. The van der Waals surface area contributed by atoms with Crippen LogP contribution in [0, 0.1) is 0 Å². The monoisotopic (exact) mass is 794 g/mol. The zero-order chi connectivity index (χ0) is 40.0. The van der Waals surface area contributed by atoms with Gasteiger partial charge in [-0.05, 0) is 96.1 Å². The summed E-state index contributed by atoms with van der Waals surface area (Å²) in [4.78, 5) is 10.5. The molecule has 0 spiro atoms. The van der Waals surface area contributed by atoms with Crippen LogP contribution in [-0.4, -0.2) is 19.1 Å². The van der Waals surface area contributed by atoms with Crippen molar-refractivity contribution in [1.82, 2.24) is 19.1 Å². The third kappa shape index (κ3) is 5.24. The smallest absolute Gasteiger partial charge is 0.160 e. The summed E-state index contributed by atoms with van der Waals surface area (Å²) in [5.74, 6) is 0.717. The van der Waals surface area contributed by atoms with Gasteiger partial charge in [-0.3, -0.25) is 0 Å². The van der Waals surface area contributed by atoms with Crippen molar-refractivity contribution in [2.45, 2.75) is 0 Å². The van der Waals surface area contributed by atoms with E-state index < -0.39 is 0 Å². The average molecular weight is 795 g/mol. The first-order valence-electron chi connectivity index (χ1n) is 20.7. The summed E-state index contributed by atoms with van der Waals surface area (Å²) in [7, 11) is 0.